The minimum absolute atomic E-state index is 0.122. The van der Waals surface area contributed by atoms with Crippen molar-refractivity contribution in [2.75, 3.05) is 23.7 Å². The molecule has 1 aromatic carbocycles. The molecule has 6 nitrogen and oxygen atoms in total. The van der Waals surface area contributed by atoms with Crippen LogP contribution in [-0.2, 0) is 6.42 Å². The Balaban J connectivity index is 1.39. The molecule has 2 aliphatic rings. The monoisotopic (exact) mass is 404 g/mol. The van der Waals surface area contributed by atoms with Crippen LogP contribution in [0, 0.1) is 17.8 Å². The van der Waals surface area contributed by atoms with Gasteiger partial charge in [0, 0.05) is 17.7 Å². The van der Waals surface area contributed by atoms with Gasteiger partial charge in [-0.05, 0) is 24.7 Å². The lowest BCUT2D eigenvalue weighted by atomic mass is 9.73. The van der Waals surface area contributed by atoms with Crippen LogP contribution in [0.3, 0.4) is 0 Å². The summed E-state index contributed by atoms with van der Waals surface area (Å²) in [5.41, 5.74) is 3.17. The summed E-state index contributed by atoms with van der Waals surface area (Å²) in [6, 6.07) is 8.71. The van der Waals surface area contributed by atoms with Crippen LogP contribution in [0.25, 0.3) is 0 Å². The van der Waals surface area contributed by atoms with Gasteiger partial charge in [-0.25, -0.2) is 9.56 Å². The normalized spacial score (nSPS) is 22.0. The van der Waals surface area contributed by atoms with Crippen molar-refractivity contribution in [2.45, 2.75) is 51.7 Å². The zero-order valence-electron chi connectivity index (χ0n) is 17.7. The van der Waals surface area contributed by atoms with Gasteiger partial charge in [-0.3, -0.25) is 0 Å². The molecule has 4 rings (SSSR count). The van der Waals surface area contributed by atoms with Gasteiger partial charge in [0.25, 0.3) is 0 Å². The summed E-state index contributed by atoms with van der Waals surface area (Å²) >= 11 is 0. The number of hydrogen-bond acceptors (Lipinski definition) is 5. The van der Waals surface area contributed by atoms with Crippen molar-refractivity contribution < 1.29 is 9.68 Å². The van der Waals surface area contributed by atoms with Gasteiger partial charge >= 0.3 is 0 Å². The maximum atomic E-state index is 10.2. The third-order valence-corrected chi connectivity index (χ3v) is 6.22. The van der Waals surface area contributed by atoms with E-state index in [1.165, 1.54) is 11.3 Å². The molecule has 30 heavy (non-hydrogen) atoms. The van der Waals surface area contributed by atoms with E-state index in [0.29, 0.717) is 17.3 Å². The number of aromatic nitrogens is 2. The highest BCUT2D eigenvalue weighted by Crippen LogP contribution is 2.37. The summed E-state index contributed by atoms with van der Waals surface area (Å²) in [6.07, 6.45) is 12.8. The maximum Gasteiger partial charge on any atom is 0.224 e. The Labute approximate surface area is 178 Å². The molecule has 0 amide bonds. The lowest BCUT2D eigenvalue weighted by molar-refractivity contribution is -0.428. The van der Waals surface area contributed by atoms with Crippen LogP contribution in [0.5, 0.6) is 0 Å². The molecule has 2 atom stereocenters. The van der Waals surface area contributed by atoms with Crippen molar-refractivity contribution in [3.05, 3.63) is 41.6 Å². The van der Waals surface area contributed by atoms with E-state index in [2.05, 4.69) is 75.4 Å². The van der Waals surface area contributed by atoms with Crippen molar-refractivity contribution in [2.24, 2.45) is 5.41 Å². The number of aliphatic hydroxyl groups is 1. The average Bonchev–Trinajstić information content (AvgIpc) is 3.14. The van der Waals surface area contributed by atoms with E-state index in [-0.39, 0.29) is 17.6 Å². The molecule has 3 N–H and O–H groups in total. The minimum Gasteiger partial charge on any atom is -0.393 e. The fraction of sp³-hybridized carbons (Fsp3) is 0.458. The molecule has 156 valence electrons. The van der Waals surface area contributed by atoms with E-state index >= 15 is 0 Å². The van der Waals surface area contributed by atoms with Crippen molar-refractivity contribution in [1.82, 2.24) is 9.97 Å². The van der Waals surface area contributed by atoms with E-state index in [1.54, 1.807) is 6.20 Å². The molecule has 1 aliphatic heterocycles. The van der Waals surface area contributed by atoms with Crippen molar-refractivity contribution in [1.29, 1.82) is 0 Å². The SMILES string of the molecule is C#Cc1cnc(NCC[N+]2=CCc3ccccc32)nc1N[C@@H]1CC[C@H](O)C(C)(C)C1. The van der Waals surface area contributed by atoms with E-state index in [9.17, 15) is 5.11 Å². The third-order valence-electron chi connectivity index (χ3n) is 6.22. The standard InChI is InChI=1S/C24H30N5O/c1-4-17-16-26-23(25-12-14-29-13-11-18-7-5-6-8-20(18)29)28-22(17)27-19-9-10-21(30)24(2,3)15-19/h1,5-8,13,16,19,21,30H,9-12,14-15H2,2-3H3,(H2,25,26,27,28)/q+1/t19-,21+/m1/s1. The average molecular weight is 405 g/mol. The summed E-state index contributed by atoms with van der Waals surface area (Å²) < 4.78 is 2.27. The molecule has 2 heterocycles. The van der Waals surface area contributed by atoms with Crippen LogP contribution in [0.15, 0.2) is 30.5 Å². The van der Waals surface area contributed by atoms with Gasteiger partial charge in [-0.2, -0.15) is 4.98 Å². The van der Waals surface area contributed by atoms with Gasteiger partial charge in [0.15, 0.2) is 12.8 Å². The number of nitrogens with zero attached hydrogens (tertiary/aromatic N) is 3. The number of fused-ring (bicyclic) bond motifs is 1. The highest BCUT2D eigenvalue weighted by Gasteiger charge is 2.35. The third kappa shape index (κ3) is 4.31. The van der Waals surface area contributed by atoms with Crippen LogP contribution < -0.4 is 10.6 Å². The summed E-state index contributed by atoms with van der Waals surface area (Å²) in [5.74, 6) is 3.93. The fourth-order valence-electron chi connectivity index (χ4n) is 4.39. The Bertz CT molecular complexity index is 991. The molecular weight excluding hydrogens is 374 g/mol. The van der Waals surface area contributed by atoms with Gasteiger partial charge in [0.1, 0.15) is 5.82 Å². The molecule has 0 radical (unpaired) electrons. The quantitative estimate of drug-likeness (QED) is 0.509. The summed E-state index contributed by atoms with van der Waals surface area (Å²) in [7, 11) is 0. The number of anilines is 2. The van der Waals surface area contributed by atoms with Gasteiger partial charge in [-0.1, -0.05) is 38.0 Å². The Morgan fingerprint density at radius 3 is 2.93 bits per heavy atom. The second kappa shape index (κ2) is 8.45. The second-order valence-electron chi connectivity index (χ2n) is 8.86. The van der Waals surface area contributed by atoms with Crippen molar-refractivity contribution >= 4 is 23.7 Å². The maximum absolute atomic E-state index is 10.2. The van der Waals surface area contributed by atoms with E-state index in [0.717, 1.165) is 38.8 Å². The number of aliphatic hydroxyl groups excluding tert-OH is 1. The first-order valence-corrected chi connectivity index (χ1v) is 10.7. The van der Waals surface area contributed by atoms with Gasteiger partial charge < -0.3 is 15.7 Å². The molecule has 1 saturated carbocycles. The molecule has 1 aromatic heterocycles. The molecule has 1 fully saturated rings. The number of rotatable bonds is 6. The lowest BCUT2D eigenvalue weighted by Gasteiger charge is -2.40. The molecule has 0 spiro atoms. The molecule has 0 bridgehead atoms. The number of hydrogen-bond donors (Lipinski definition) is 3. The molecule has 2 aromatic rings. The zero-order valence-corrected chi connectivity index (χ0v) is 17.7. The molecule has 1 aliphatic carbocycles. The Kier molecular flexibility index (Phi) is 5.74. The zero-order chi connectivity index (χ0) is 21.1. The van der Waals surface area contributed by atoms with E-state index < -0.39 is 0 Å². The number of para-hydroxylation sites is 1. The number of benzene rings is 1. The topological polar surface area (TPSA) is 73.1 Å². The summed E-state index contributed by atoms with van der Waals surface area (Å²) in [6.45, 7) is 5.78. The molecule has 6 heteroatoms. The first-order valence-electron chi connectivity index (χ1n) is 10.7. The molecular formula is C24H30N5O+. The summed E-state index contributed by atoms with van der Waals surface area (Å²) in [4.78, 5) is 9.02. The first kappa shape index (κ1) is 20.4. The Morgan fingerprint density at radius 2 is 2.13 bits per heavy atom. The Hall–Kier alpha value is -2.91. The smallest absolute Gasteiger partial charge is 0.224 e. The van der Waals surface area contributed by atoms with Crippen LogP contribution in [0.4, 0.5) is 17.5 Å². The Morgan fingerprint density at radius 1 is 1.30 bits per heavy atom. The summed E-state index contributed by atoms with van der Waals surface area (Å²) in [5, 5.41) is 17.0. The van der Waals surface area contributed by atoms with Crippen LogP contribution in [-0.4, -0.2) is 51.1 Å². The van der Waals surface area contributed by atoms with Gasteiger partial charge in [0.2, 0.25) is 11.6 Å². The van der Waals surface area contributed by atoms with Crippen LogP contribution in [0.2, 0.25) is 0 Å². The van der Waals surface area contributed by atoms with Crippen molar-refractivity contribution in [3.63, 3.8) is 0 Å². The van der Waals surface area contributed by atoms with Gasteiger partial charge in [-0.15, -0.1) is 6.42 Å². The predicted octanol–water partition coefficient (Wildman–Crippen LogP) is 3.19. The lowest BCUT2D eigenvalue weighted by Crippen LogP contribution is -2.41. The molecule has 0 saturated heterocycles. The van der Waals surface area contributed by atoms with Gasteiger partial charge in [0.05, 0.1) is 30.8 Å². The van der Waals surface area contributed by atoms with E-state index in [1.807, 2.05) is 0 Å². The molecule has 0 unspecified atom stereocenters. The minimum atomic E-state index is -0.266. The van der Waals surface area contributed by atoms with Crippen molar-refractivity contribution in [3.8, 4) is 12.3 Å². The van der Waals surface area contributed by atoms with Crippen LogP contribution >= 0.6 is 0 Å². The number of nitrogens with one attached hydrogen (secondary N) is 2. The largest absolute Gasteiger partial charge is 0.393 e. The fourth-order valence-corrected chi connectivity index (χ4v) is 4.39. The van der Waals surface area contributed by atoms with E-state index in [4.69, 9.17) is 6.42 Å². The highest BCUT2D eigenvalue weighted by atomic mass is 16.3. The second-order valence-corrected chi connectivity index (χ2v) is 8.86. The highest BCUT2D eigenvalue weighted by molar-refractivity contribution is 5.67. The number of terminal acetylenes is 1. The van der Waals surface area contributed by atoms with Crippen LogP contribution in [0.1, 0.15) is 44.2 Å². The first-order chi connectivity index (χ1) is 14.5. The predicted molar refractivity (Wildman–Crippen MR) is 121 cm³/mol.